The van der Waals surface area contributed by atoms with Crippen molar-refractivity contribution < 1.29 is 19.5 Å². The third kappa shape index (κ3) is 4.40. The van der Waals surface area contributed by atoms with Crippen LogP contribution in [0.25, 0.3) is 0 Å². The highest BCUT2D eigenvalue weighted by molar-refractivity contribution is 6.42. The van der Waals surface area contributed by atoms with Gasteiger partial charge in [0.25, 0.3) is 5.91 Å². The lowest BCUT2D eigenvalue weighted by Crippen LogP contribution is -2.37. The number of hydrogen-bond acceptors (Lipinski definition) is 3. The third-order valence-corrected chi connectivity index (χ3v) is 5.05. The van der Waals surface area contributed by atoms with Crippen LogP contribution in [0.4, 0.5) is 0 Å². The Labute approximate surface area is 165 Å². The van der Waals surface area contributed by atoms with Crippen molar-refractivity contribution >= 4 is 41.0 Å². The number of carboxylic acid groups (broad SMARTS) is 1. The second kappa shape index (κ2) is 7.98. The maximum Gasteiger partial charge on any atom is 0.336 e. The van der Waals surface area contributed by atoms with Crippen LogP contribution in [0, 0.1) is 0 Å². The summed E-state index contributed by atoms with van der Waals surface area (Å²) in [7, 11) is 0. The zero-order valence-corrected chi connectivity index (χ0v) is 15.6. The topological polar surface area (TPSA) is 86.7 Å². The summed E-state index contributed by atoms with van der Waals surface area (Å²) in [5, 5.41) is 12.8. The maximum absolute atomic E-state index is 12.4. The van der Waals surface area contributed by atoms with Gasteiger partial charge in [0.2, 0.25) is 5.91 Å². The van der Waals surface area contributed by atoms with Crippen LogP contribution in [-0.2, 0) is 11.3 Å². The van der Waals surface area contributed by atoms with Crippen LogP contribution < -0.4 is 5.32 Å². The molecule has 0 spiro atoms. The van der Waals surface area contributed by atoms with Crippen molar-refractivity contribution in [2.45, 2.75) is 19.0 Å². The number of nitrogens with one attached hydrogen (secondary N) is 1. The van der Waals surface area contributed by atoms with Gasteiger partial charge in [0.05, 0.1) is 27.2 Å². The number of nitrogens with zero attached hydrogens (tertiary/aromatic N) is 1. The predicted octanol–water partition coefficient (Wildman–Crippen LogP) is 3.22. The first kappa shape index (κ1) is 19.2. The molecule has 0 radical (unpaired) electrons. The smallest absolute Gasteiger partial charge is 0.336 e. The van der Waals surface area contributed by atoms with Gasteiger partial charge in [-0.1, -0.05) is 41.4 Å². The first-order chi connectivity index (χ1) is 12.8. The number of carbonyl (C=O) groups excluding carboxylic acids is 2. The fourth-order valence-electron chi connectivity index (χ4n) is 3.01. The van der Waals surface area contributed by atoms with Gasteiger partial charge < -0.3 is 15.3 Å². The molecule has 2 aromatic rings. The van der Waals surface area contributed by atoms with Crippen LogP contribution >= 0.6 is 23.2 Å². The van der Waals surface area contributed by atoms with Crippen LogP contribution in [0.5, 0.6) is 0 Å². The number of benzene rings is 2. The van der Waals surface area contributed by atoms with Crippen LogP contribution in [0.15, 0.2) is 42.5 Å². The molecule has 1 aliphatic heterocycles. The summed E-state index contributed by atoms with van der Waals surface area (Å²) in [4.78, 5) is 37.6. The summed E-state index contributed by atoms with van der Waals surface area (Å²) in [5.41, 5.74) is 0.827. The quantitative estimate of drug-likeness (QED) is 0.797. The molecule has 3 rings (SSSR count). The van der Waals surface area contributed by atoms with Crippen LogP contribution in [-0.4, -0.2) is 40.4 Å². The van der Waals surface area contributed by atoms with Gasteiger partial charge in [-0.15, -0.1) is 0 Å². The van der Waals surface area contributed by atoms with Gasteiger partial charge in [0.1, 0.15) is 0 Å². The number of halogens is 2. The number of carboxylic acids is 1. The predicted molar refractivity (Wildman–Crippen MR) is 101 cm³/mol. The minimum Gasteiger partial charge on any atom is -0.478 e. The van der Waals surface area contributed by atoms with Gasteiger partial charge in [0, 0.05) is 19.5 Å². The van der Waals surface area contributed by atoms with E-state index in [0.717, 1.165) is 5.56 Å². The van der Waals surface area contributed by atoms with Crippen molar-refractivity contribution in [1.82, 2.24) is 10.2 Å². The van der Waals surface area contributed by atoms with Crippen molar-refractivity contribution in [2.75, 3.05) is 6.54 Å². The highest BCUT2D eigenvalue weighted by Gasteiger charge is 2.31. The van der Waals surface area contributed by atoms with E-state index in [9.17, 15) is 19.5 Å². The van der Waals surface area contributed by atoms with Crippen molar-refractivity contribution in [3.05, 3.63) is 69.2 Å². The Bertz CT molecular complexity index is 916. The van der Waals surface area contributed by atoms with Gasteiger partial charge in [-0.05, 0) is 29.8 Å². The Kier molecular flexibility index (Phi) is 5.68. The zero-order chi connectivity index (χ0) is 19.6. The summed E-state index contributed by atoms with van der Waals surface area (Å²) in [6.45, 7) is 0.688. The molecule has 2 aromatic carbocycles. The second-order valence-corrected chi connectivity index (χ2v) is 7.06. The summed E-state index contributed by atoms with van der Waals surface area (Å²) in [6.07, 6.45) is 0.155. The molecular weight excluding hydrogens is 391 g/mol. The molecule has 1 atom stereocenters. The normalized spacial score (nSPS) is 16.4. The lowest BCUT2D eigenvalue weighted by molar-refractivity contribution is -0.128. The fraction of sp³-hybridized carbons (Fsp3) is 0.211. The molecule has 0 aromatic heterocycles. The van der Waals surface area contributed by atoms with Crippen molar-refractivity contribution in [1.29, 1.82) is 0 Å². The number of aromatic carboxylic acids is 1. The molecular formula is C19H16Cl2N2O4. The lowest BCUT2D eigenvalue weighted by Gasteiger charge is -2.18. The van der Waals surface area contributed by atoms with Crippen LogP contribution in [0.1, 0.15) is 32.7 Å². The SMILES string of the molecule is O=C(O)c1ccccc1C(=O)NC1CC(=O)N(Cc2ccc(Cl)c(Cl)c2)C1. The highest BCUT2D eigenvalue weighted by atomic mass is 35.5. The molecule has 2 amide bonds. The molecule has 1 aliphatic rings. The number of likely N-dealkylation sites (tertiary alicyclic amines) is 1. The molecule has 27 heavy (non-hydrogen) atoms. The second-order valence-electron chi connectivity index (χ2n) is 6.25. The summed E-state index contributed by atoms with van der Waals surface area (Å²) in [6, 6.07) is 10.7. The first-order valence-electron chi connectivity index (χ1n) is 8.20. The molecule has 0 saturated carbocycles. The highest BCUT2D eigenvalue weighted by Crippen LogP contribution is 2.24. The Morgan fingerprint density at radius 2 is 1.81 bits per heavy atom. The van der Waals surface area contributed by atoms with E-state index in [1.54, 1.807) is 35.2 Å². The fourth-order valence-corrected chi connectivity index (χ4v) is 3.33. The molecule has 1 saturated heterocycles. The lowest BCUT2D eigenvalue weighted by atomic mass is 10.1. The molecule has 0 aliphatic carbocycles. The van der Waals surface area contributed by atoms with E-state index in [4.69, 9.17) is 23.2 Å². The number of hydrogen-bond donors (Lipinski definition) is 2. The molecule has 140 valence electrons. The summed E-state index contributed by atoms with van der Waals surface area (Å²) < 4.78 is 0. The van der Waals surface area contributed by atoms with E-state index in [1.807, 2.05) is 0 Å². The summed E-state index contributed by atoms with van der Waals surface area (Å²) >= 11 is 11.9. The van der Waals surface area contributed by atoms with E-state index in [0.29, 0.717) is 23.1 Å². The average molecular weight is 407 g/mol. The molecule has 1 heterocycles. The minimum absolute atomic E-state index is 0.0698. The van der Waals surface area contributed by atoms with Crippen LogP contribution in [0.3, 0.4) is 0 Å². The van der Waals surface area contributed by atoms with E-state index >= 15 is 0 Å². The molecule has 1 unspecified atom stereocenters. The summed E-state index contributed by atoms with van der Waals surface area (Å²) in [5.74, 6) is -1.79. The Hall–Kier alpha value is -2.57. The molecule has 0 bridgehead atoms. The van der Waals surface area contributed by atoms with Crippen molar-refractivity contribution in [3.63, 3.8) is 0 Å². The maximum atomic E-state index is 12.4. The minimum atomic E-state index is -1.18. The molecule has 2 N–H and O–H groups in total. The number of rotatable bonds is 5. The van der Waals surface area contributed by atoms with E-state index in [-0.39, 0.29) is 23.5 Å². The first-order valence-corrected chi connectivity index (χ1v) is 8.95. The van der Waals surface area contributed by atoms with Gasteiger partial charge in [0.15, 0.2) is 0 Å². The monoisotopic (exact) mass is 406 g/mol. The van der Waals surface area contributed by atoms with Crippen molar-refractivity contribution in [3.8, 4) is 0 Å². The zero-order valence-electron chi connectivity index (χ0n) is 14.1. The largest absolute Gasteiger partial charge is 0.478 e. The average Bonchev–Trinajstić information content (AvgIpc) is 2.97. The van der Waals surface area contributed by atoms with E-state index < -0.39 is 17.9 Å². The van der Waals surface area contributed by atoms with Gasteiger partial charge >= 0.3 is 5.97 Å². The number of carbonyl (C=O) groups is 3. The van der Waals surface area contributed by atoms with E-state index in [2.05, 4.69) is 5.32 Å². The molecule has 8 heteroatoms. The molecule has 6 nitrogen and oxygen atoms in total. The third-order valence-electron chi connectivity index (χ3n) is 4.31. The van der Waals surface area contributed by atoms with Crippen LogP contribution in [0.2, 0.25) is 10.0 Å². The van der Waals surface area contributed by atoms with Crippen molar-refractivity contribution in [2.24, 2.45) is 0 Å². The van der Waals surface area contributed by atoms with Gasteiger partial charge in [-0.2, -0.15) is 0 Å². The van der Waals surface area contributed by atoms with E-state index in [1.165, 1.54) is 12.1 Å². The Balaban J connectivity index is 1.66. The molecule has 1 fully saturated rings. The standard InChI is InChI=1S/C19H16Cl2N2O4/c20-15-6-5-11(7-16(15)21)9-23-10-12(8-17(23)24)22-18(25)13-3-1-2-4-14(13)19(26)27/h1-7,12H,8-10H2,(H,22,25)(H,26,27). The Morgan fingerprint density at radius 1 is 1.11 bits per heavy atom. The Morgan fingerprint density at radius 3 is 2.48 bits per heavy atom. The van der Waals surface area contributed by atoms with Gasteiger partial charge in [-0.3, -0.25) is 9.59 Å². The van der Waals surface area contributed by atoms with Gasteiger partial charge in [-0.25, -0.2) is 4.79 Å². The number of amides is 2.